The monoisotopic (exact) mass is 381 g/mol. The molecule has 0 amide bonds. The van der Waals surface area contributed by atoms with Gasteiger partial charge in [0, 0.05) is 50.4 Å². The van der Waals surface area contributed by atoms with Crippen molar-refractivity contribution in [1.29, 1.82) is 0 Å². The van der Waals surface area contributed by atoms with Crippen molar-refractivity contribution in [3.63, 3.8) is 0 Å². The van der Waals surface area contributed by atoms with Crippen molar-refractivity contribution in [1.82, 2.24) is 14.6 Å². The molecule has 146 valence electrons. The predicted octanol–water partition coefficient (Wildman–Crippen LogP) is 2.90. The number of aromatic nitrogens is 1. The standard InChI is InChI=1S/C13H15N3O2S.C3H6.C2H6.CH4O/c1-2-18-13-12(17-1)3-11(6-15-13)19-16-7-9-4-14-5-10(9)8-16;1-3-2;2*1-2/h3,6,14H,1-2,4-5,7-8H2;3H,1H2,2H3;1-2H3;2H,1H3. The normalized spacial score (nSPS) is 17.0. The molecular weight excluding hydrogens is 350 g/mol. The lowest BCUT2D eigenvalue weighted by Gasteiger charge is -2.19. The second-order valence-corrected chi connectivity index (χ2v) is 6.45. The number of pyridine rings is 1. The highest BCUT2D eigenvalue weighted by Gasteiger charge is 2.26. The van der Waals surface area contributed by atoms with Gasteiger partial charge >= 0.3 is 0 Å². The molecule has 4 heterocycles. The number of nitrogens with one attached hydrogen (secondary N) is 1. The van der Waals surface area contributed by atoms with Gasteiger partial charge in [0.25, 0.3) is 5.88 Å². The van der Waals surface area contributed by atoms with Crippen molar-refractivity contribution in [3.8, 4) is 11.6 Å². The van der Waals surface area contributed by atoms with Crippen molar-refractivity contribution >= 4 is 11.9 Å². The van der Waals surface area contributed by atoms with E-state index >= 15 is 0 Å². The first-order valence-corrected chi connectivity index (χ1v) is 9.68. The van der Waals surface area contributed by atoms with Gasteiger partial charge in [-0.15, -0.1) is 6.58 Å². The molecule has 0 bridgehead atoms. The Bertz CT molecular complexity index is 577. The summed E-state index contributed by atoms with van der Waals surface area (Å²) in [7, 11) is 1.00. The lowest BCUT2D eigenvalue weighted by atomic mass is 10.2. The molecule has 7 heteroatoms. The minimum absolute atomic E-state index is 0.586. The summed E-state index contributed by atoms with van der Waals surface area (Å²) in [6.45, 7) is 14.6. The van der Waals surface area contributed by atoms with E-state index in [1.54, 1.807) is 29.2 Å². The molecule has 6 nitrogen and oxygen atoms in total. The first kappa shape index (κ1) is 22.5. The Labute approximate surface area is 161 Å². The van der Waals surface area contributed by atoms with Crippen LogP contribution in [0.3, 0.4) is 0 Å². The van der Waals surface area contributed by atoms with Gasteiger partial charge in [-0.05, 0) is 30.0 Å². The third-order valence-corrected chi connectivity index (χ3v) is 4.47. The van der Waals surface area contributed by atoms with Gasteiger partial charge in [0.05, 0.1) is 0 Å². The number of ether oxygens (including phenoxy) is 2. The summed E-state index contributed by atoms with van der Waals surface area (Å²) in [4.78, 5) is 5.42. The van der Waals surface area contributed by atoms with Crippen LogP contribution in [0.1, 0.15) is 20.8 Å². The van der Waals surface area contributed by atoms with Gasteiger partial charge in [-0.25, -0.2) is 9.29 Å². The molecule has 0 aromatic carbocycles. The molecule has 26 heavy (non-hydrogen) atoms. The Morgan fingerprint density at radius 2 is 1.77 bits per heavy atom. The smallest absolute Gasteiger partial charge is 0.257 e. The third-order valence-electron chi connectivity index (χ3n) is 3.52. The maximum absolute atomic E-state index is 7.00. The average molecular weight is 382 g/mol. The van der Waals surface area contributed by atoms with Crippen molar-refractivity contribution in [2.45, 2.75) is 25.7 Å². The molecule has 2 N–H and O–H groups in total. The van der Waals surface area contributed by atoms with Crippen LogP contribution in [0.5, 0.6) is 11.6 Å². The van der Waals surface area contributed by atoms with Crippen molar-refractivity contribution in [2.24, 2.45) is 0 Å². The molecule has 0 aliphatic carbocycles. The van der Waals surface area contributed by atoms with Crippen LogP contribution in [0.4, 0.5) is 0 Å². The summed E-state index contributed by atoms with van der Waals surface area (Å²) < 4.78 is 13.4. The quantitative estimate of drug-likeness (QED) is 0.603. The minimum Gasteiger partial charge on any atom is -0.484 e. The van der Waals surface area contributed by atoms with Gasteiger partial charge in [-0.1, -0.05) is 19.9 Å². The van der Waals surface area contributed by atoms with E-state index in [1.165, 1.54) is 0 Å². The highest BCUT2D eigenvalue weighted by Crippen LogP contribution is 2.35. The van der Waals surface area contributed by atoms with E-state index in [9.17, 15) is 0 Å². The summed E-state index contributed by atoms with van der Waals surface area (Å²) in [6, 6.07) is 2.02. The zero-order valence-corrected chi connectivity index (χ0v) is 17.1. The van der Waals surface area contributed by atoms with E-state index in [-0.39, 0.29) is 0 Å². The highest BCUT2D eigenvalue weighted by atomic mass is 32.2. The van der Waals surface area contributed by atoms with Gasteiger partial charge in [-0.2, -0.15) is 0 Å². The number of allylic oxidation sites excluding steroid dienone is 1. The molecule has 3 aliphatic rings. The fourth-order valence-corrected chi connectivity index (χ4v) is 3.61. The molecule has 1 aromatic rings. The van der Waals surface area contributed by atoms with Crippen molar-refractivity contribution < 1.29 is 14.6 Å². The summed E-state index contributed by atoms with van der Waals surface area (Å²) >= 11 is 1.75. The third kappa shape index (κ3) is 6.32. The Hall–Kier alpha value is -1.54. The van der Waals surface area contributed by atoms with Crippen LogP contribution in [0.25, 0.3) is 0 Å². The molecule has 0 saturated heterocycles. The first-order valence-electron chi connectivity index (χ1n) is 8.91. The van der Waals surface area contributed by atoms with Crippen LogP contribution in [0, 0.1) is 0 Å². The van der Waals surface area contributed by atoms with Gasteiger partial charge in [-0.3, -0.25) is 0 Å². The van der Waals surface area contributed by atoms with E-state index in [1.807, 2.05) is 33.0 Å². The van der Waals surface area contributed by atoms with Crippen LogP contribution in [0.2, 0.25) is 0 Å². The first-order chi connectivity index (χ1) is 12.8. The Balaban J connectivity index is 0.000000431. The van der Waals surface area contributed by atoms with Crippen LogP contribution >= 0.6 is 11.9 Å². The summed E-state index contributed by atoms with van der Waals surface area (Å²) in [5.41, 5.74) is 3.11. The number of nitrogens with zero attached hydrogens (tertiary/aromatic N) is 2. The Kier molecular flexibility index (Phi) is 11.0. The van der Waals surface area contributed by atoms with E-state index in [0.717, 1.165) is 43.9 Å². The molecule has 0 radical (unpaired) electrons. The minimum atomic E-state index is 0.586. The second-order valence-electron chi connectivity index (χ2n) is 5.28. The number of fused-ring (bicyclic) bond motifs is 1. The predicted molar refractivity (Wildman–Crippen MR) is 108 cm³/mol. The van der Waals surface area contributed by atoms with Crippen LogP contribution in [-0.4, -0.2) is 60.9 Å². The molecular formula is C19H31N3O3S. The molecule has 0 unspecified atom stereocenters. The number of aliphatic hydroxyl groups is 1. The van der Waals surface area contributed by atoms with Crippen molar-refractivity contribution in [3.05, 3.63) is 36.1 Å². The Morgan fingerprint density at radius 3 is 2.38 bits per heavy atom. The zero-order valence-electron chi connectivity index (χ0n) is 16.2. The summed E-state index contributed by atoms with van der Waals surface area (Å²) in [6.07, 6.45) is 3.61. The number of aliphatic hydroxyl groups excluding tert-OH is 1. The molecule has 0 fully saturated rings. The lowest BCUT2D eigenvalue weighted by molar-refractivity contribution is 0.163. The second kappa shape index (κ2) is 12.8. The number of rotatable bonds is 2. The molecule has 1 aromatic heterocycles. The average Bonchev–Trinajstić information content (AvgIpc) is 3.27. The van der Waals surface area contributed by atoms with E-state index < -0.39 is 0 Å². The lowest BCUT2D eigenvalue weighted by Crippen LogP contribution is -2.21. The van der Waals surface area contributed by atoms with E-state index in [2.05, 4.69) is 21.2 Å². The van der Waals surface area contributed by atoms with Gasteiger partial charge in [0.15, 0.2) is 5.75 Å². The van der Waals surface area contributed by atoms with E-state index in [4.69, 9.17) is 14.6 Å². The maximum atomic E-state index is 7.00. The van der Waals surface area contributed by atoms with Gasteiger partial charge in [0.1, 0.15) is 13.2 Å². The SMILES string of the molecule is C=CC.CC.CO.c1nc2c(cc1SN1CC3=C(CNC3)C1)OCCO2. The zero-order chi connectivity index (χ0) is 19.4. The molecule has 3 aliphatic heterocycles. The summed E-state index contributed by atoms with van der Waals surface area (Å²) in [5, 5.41) is 10.4. The topological polar surface area (TPSA) is 66.9 Å². The Morgan fingerprint density at radius 1 is 1.19 bits per heavy atom. The fraction of sp³-hybridized carbons (Fsp3) is 0.526. The van der Waals surface area contributed by atoms with E-state index in [0.29, 0.717) is 19.1 Å². The molecule has 4 rings (SSSR count). The summed E-state index contributed by atoms with van der Waals surface area (Å²) in [5.74, 6) is 1.37. The molecule has 0 atom stereocenters. The largest absolute Gasteiger partial charge is 0.484 e. The van der Waals surface area contributed by atoms with Crippen molar-refractivity contribution in [2.75, 3.05) is 46.5 Å². The van der Waals surface area contributed by atoms with Crippen LogP contribution in [0.15, 0.2) is 41.0 Å². The van der Waals surface area contributed by atoms with Crippen LogP contribution < -0.4 is 14.8 Å². The highest BCUT2D eigenvalue weighted by molar-refractivity contribution is 7.97. The number of hydrogen-bond acceptors (Lipinski definition) is 7. The molecule has 0 saturated carbocycles. The van der Waals surface area contributed by atoms with Crippen LogP contribution in [-0.2, 0) is 0 Å². The maximum Gasteiger partial charge on any atom is 0.257 e. The van der Waals surface area contributed by atoms with Gasteiger partial charge in [0.2, 0.25) is 0 Å². The fourth-order valence-electron chi connectivity index (χ4n) is 2.61. The van der Waals surface area contributed by atoms with Gasteiger partial charge < -0.3 is 19.9 Å². The molecule has 0 spiro atoms. The number of hydrogen-bond donors (Lipinski definition) is 2.